The number of hydrogen-bond donors (Lipinski definition) is 3. The van der Waals surface area contributed by atoms with Crippen molar-refractivity contribution in [2.24, 2.45) is 11.7 Å². The number of fused-ring (bicyclic) bond motifs is 1. The van der Waals surface area contributed by atoms with E-state index in [2.05, 4.69) is 36.1 Å². The molecule has 1 fully saturated rings. The third-order valence-electron chi connectivity index (χ3n) is 5.99. The number of rotatable bonds is 4. The van der Waals surface area contributed by atoms with Crippen LogP contribution in [0.25, 0.3) is 11.1 Å². The number of hydrogen-bond acceptors (Lipinski definition) is 6. The maximum atomic E-state index is 13.1. The van der Waals surface area contributed by atoms with E-state index in [4.69, 9.17) is 15.9 Å². The second-order valence-corrected chi connectivity index (χ2v) is 8.80. The van der Waals surface area contributed by atoms with Gasteiger partial charge < -0.3 is 21.2 Å². The lowest BCUT2D eigenvalue weighted by Gasteiger charge is -2.32. The zero-order valence-electron chi connectivity index (χ0n) is 17.7. The van der Waals surface area contributed by atoms with Crippen LogP contribution in [-0.4, -0.2) is 21.9 Å². The van der Waals surface area contributed by atoms with Crippen molar-refractivity contribution in [3.8, 4) is 0 Å². The third-order valence-corrected chi connectivity index (χ3v) is 5.99. The van der Waals surface area contributed by atoms with Gasteiger partial charge in [-0.05, 0) is 60.3 Å². The molecule has 1 amide bonds. The lowest BCUT2D eigenvalue weighted by molar-refractivity contribution is 0.102. The minimum Gasteiger partial charge on any atom is -0.438 e. The fraction of sp³-hybridized carbons (Fsp3) is 0.435. The molecule has 158 valence electrons. The molecule has 1 aliphatic rings. The van der Waals surface area contributed by atoms with Crippen molar-refractivity contribution in [1.29, 1.82) is 0 Å². The molecule has 3 aromatic rings. The van der Waals surface area contributed by atoms with E-state index >= 15 is 0 Å². The molecule has 3 atom stereocenters. The number of carbonyl (C=O) groups excluding carboxylic acids is 1. The van der Waals surface area contributed by atoms with Crippen LogP contribution in [0, 0.1) is 5.92 Å². The van der Waals surface area contributed by atoms with Crippen LogP contribution in [0.15, 0.2) is 35.1 Å². The van der Waals surface area contributed by atoms with Crippen molar-refractivity contribution in [2.75, 3.05) is 11.1 Å². The summed E-state index contributed by atoms with van der Waals surface area (Å²) in [6.07, 6.45) is 8.17. The van der Waals surface area contributed by atoms with Gasteiger partial charge in [-0.25, -0.2) is 0 Å². The quantitative estimate of drug-likeness (QED) is 0.589. The van der Waals surface area contributed by atoms with Crippen molar-refractivity contribution in [3.05, 3.63) is 47.4 Å². The highest BCUT2D eigenvalue weighted by atomic mass is 16.3. The molecule has 0 saturated heterocycles. The van der Waals surface area contributed by atoms with Gasteiger partial charge in [0.1, 0.15) is 11.1 Å². The number of nitrogens with one attached hydrogen (secondary N) is 1. The van der Waals surface area contributed by atoms with Crippen LogP contribution in [-0.2, 0) is 0 Å². The van der Waals surface area contributed by atoms with E-state index < -0.39 is 0 Å². The number of aromatic nitrogens is 2. The molecule has 1 saturated carbocycles. The van der Waals surface area contributed by atoms with Crippen LogP contribution in [0.2, 0.25) is 0 Å². The fourth-order valence-corrected chi connectivity index (χ4v) is 4.51. The lowest BCUT2D eigenvalue weighted by Crippen LogP contribution is -2.31. The van der Waals surface area contributed by atoms with Crippen LogP contribution >= 0.6 is 0 Å². The summed E-state index contributed by atoms with van der Waals surface area (Å²) < 4.78 is 5.65. The number of pyridine rings is 2. The third kappa shape index (κ3) is 3.89. The van der Waals surface area contributed by atoms with E-state index in [0.29, 0.717) is 28.6 Å². The lowest BCUT2D eigenvalue weighted by atomic mass is 9.76. The van der Waals surface area contributed by atoms with Crippen LogP contribution in [0.5, 0.6) is 0 Å². The molecule has 0 aromatic carbocycles. The molecular weight excluding hydrogens is 378 g/mol. The number of nitrogens with two attached hydrogens (primary N) is 2. The summed E-state index contributed by atoms with van der Waals surface area (Å²) in [7, 11) is 0. The Labute approximate surface area is 176 Å². The zero-order chi connectivity index (χ0) is 21.4. The van der Waals surface area contributed by atoms with E-state index in [1.54, 1.807) is 18.6 Å². The van der Waals surface area contributed by atoms with Crippen LogP contribution < -0.4 is 16.8 Å². The van der Waals surface area contributed by atoms with Gasteiger partial charge in [-0.2, -0.15) is 0 Å². The van der Waals surface area contributed by atoms with Crippen molar-refractivity contribution >= 4 is 28.6 Å². The zero-order valence-corrected chi connectivity index (χ0v) is 17.7. The maximum Gasteiger partial charge on any atom is 0.263 e. The first-order valence-corrected chi connectivity index (χ1v) is 10.5. The van der Waals surface area contributed by atoms with E-state index in [-0.39, 0.29) is 29.3 Å². The standard InChI is InChI=1S/C23H29N5O2/c1-12(2)15-9-19-21(27-10-15)20(22(25)30-19)23(29)28-18-11-26-5-4-17(18)14-6-13(3)7-16(24)8-14/h4-5,9-14,16H,6-8,24-25H2,1-3H3,(H,28,29)/t13-,14+,16-/m0/s1. The molecule has 7 heteroatoms. The summed E-state index contributed by atoms with van der Waals surface area (Å²) in [5.74, 6) is 0.844. The molecule has 3 aromatic heterocycles. The topological polar surface area (TPSA) is 120 Å². The van der Waals surface area contributed by atoms with E-state index in [0.717, 1.165) is 30.4 Å². The average Bonchev–Trinajstić information content (AvgIpc) is 3.02. The van der Waals surface area contributed by atoms with Gasteiger partial charge in [0.25, 0.3) is 5.91 Å². The summed E-state index contributed by atoms with van der Waals surface area (Å²) in [5.41, 5.74) is 16.3. The molecule has 1 aliphatic carbocycles. The Morgan fingerprint density at radius 1 is 1.27 bits per heavy atom. The molecule has 4 rings (SSSR count). The highest BCUT2D eigenvalue weighted by Crippen LogP contribution is 2.38. The van der Waals surface area contributed by atoms with Gasteiger partial charge in [-0.3, -0.25) is 14.8 Å². The smallest absolute Gasteiger partial charge is 0.263 e. The van der Waals surface area contributed by atoms with Gasteiger partial charge in [0, 0.05) is 18.4 Å². The van der Waals surface area contributed by atoms with Crippen molar-refractivity contribution in [3.63, 3.8) is 0 Å². The predicted octanol–water partition coefficient (Wildman–Crippen LogP) is 4.41. The molecule has 3 heterocycles. The molecule has 0 unspecified atom stereocenters. The van der Waals surface area contributed by atoms with Gasteiger partial charge >= 0.3 is 0 Å². The minimum absolute atomic E-state index is 0.0645. The first kappa shape index (κ1) is 20.3. The second kappa shape index (κ2) is 8.07. The number of anilines is 2. The highest BCUT2D eigenvalue weighted by molar-refractivity contribution is 6.14. The monoisotopic (exact) mass is 407 g/mol. The van der Waals surface area contributed by atoms with Gasteiger partial charge in [0.15, 0.2) is 5.58 Å². The van der Waals surface area contributed by atoms with Crippen molar-refractivity contribution in [1.82, 2.24) is 9.97 Å². The van der Waals surface area contributed by atoms with Gasteiger partial charge in [-0.1, -0.05) is 20.8 Å². The van der Waals surface area contributed by atoms with Gasteiger partial charge in [0.2, 0.25) is 5.88 Å². The predicted molar refractivity (Wildman–Crippen MR) is 118 cm³/mol. The molecule has 0 spiro atoms. The minimum atomic E-state index is -0.349. The average molecular weight is 408 g/mol. The first-order chi connectivity index (χ1) is 14.3. The molecular formula is C23H29N5O2. The van der Waals surface area contributed by atoms with E-state index in [9.17, 15) is 4.79 Å². The van der Waals surface area contributed by atoms with Crippen molar-refractivity contribution in [2.45, 2.75) is 57.9 Å². The Hall–Kier alpha value is -2.93. The molecule has 5 N–H and O–H groups in total. The van der Waals surface area contributed by atoms with Crippen LogP contribution in [0.1, 0.15) is 73.4 Å². The number of furan rings is 1. The Morgan fingerprint density at radius 2 is 2.07 bits per heavy atom. The number of nitrogen functional groups attached to an aromatic ring is 1. The summed E-state index contributed by atoms with van der Waals surface area (Å²) >= 11 is 0. The second-order valence-electron chi connectivity index (χ2n) is 8.80. The summed E-state index contributed by atoms with van der Waals surface area (Å²) in [4.78, 5) is 21.8. The molecule has 7 nitrogen and oxygen atoms in total. The molecule has 0 bridgehead atoms. The fourth-order valence-electron chi connectivity index (χ4n) is 4.51. The number of amides is 1. The summed E-state index contributed by atoms with van der Waals surface area (Å²) in [5, 5.41) is 2.99. The Kier molecular flexibility index (Phi) is 5.47. The van der Waals surface area contributed by atoms with Crippen molar-refractivity contribution < 1.29 is 9.21 Å². The number of carbonyl (C=O) groups is 1. The molecule has 30 heavy (non-hydrogen) atoms. The van der Waals surface area contributed by atoms with E-state index in [1.165, 1.54) is 0 Å². The number of nitrogens with zero attached hydrogens (tertiary/aromatic N) is 2. The normalized spacial score (nSPS) is 21.8. The highest BCUT2D eigenvalue weighted by Gasteiger charge is 2.28. The Balaban J connectivity index is 1.65. The van der Waals surface area contributed by atoms with Gasteiger partial charge in [0.05, 0.1) is 11.9 Å². The Bertz CT molecular complexity index is 1060. The largest absolute Gasteiger partial charge is 0.438 e. The molecule has 0 aliphatic heterocycles. The van der Waals surface area contributed by atoms with Crippen LogP contribution in [0.3, 0.4) is 0 Å². The van der Waals surface area contributed by atoms with Gasteiger partial charge in [-0.15, -0.1) is 0 Å². The summed E-state index contributed by atoms with van der Waals surface area (Å²) in [6.45, 7) is 6.37. The maximum absolute atomic E-state index is 13.1. The first-order valence-electron chi connectivity index (χ1n) is 10.5. The SMILES string of the molecule is CC(C)c1cnc2c(C(=O)Nc3cnccc3[C@@H]3C[C@H](C)C[C@H](N)C3)c(N)oc2c1. The Morgan fingerprint density at radius 3 is 2.80 bits per heavy atom. The molecule has 0 radical (unpaired) electrons. The van der Waals surface area contributed by atoms with E-state index in [1.807, 2.05) is 12.1 Å². The summed E-state index contributed by atoms with van der Waals surface area (Å²) in [6, 6.07) is 4.03. The van der Waals surface area contributed by atoms with Crippen LogP contribution in [0.4, 0.5) is 11.6 Å².